The van der Waals surface area contributed by atoms with Crippen LogP contribution >= 0.6 is 0 Å². The summed E-state index contributed by atoms with van der Waals surface area (Å²) in [5.74, 6) is 6.67. The molecule has 0 spiro atoms. The lowest BCUT2D eigenvalue weighted by Crippen LogP contribution is -2.35. The number of anilines is 1. The minimum atomic E-state index is 0.565. The Bertz CT molecular complexity index is 318. The summed E-state index contributed by atoms with van der Waals surface area (Å²) >= 11 is 0. The molecule has 0 radical (unpaired) electrons. The lowest BCUT2D eigenvalue weighted by Gasteiger charge is -2.19. The Morgan fingerprint density at radius 2 is 1.93 bits per heavy atom. The van der Waals surface area contributed by atoms with Gasteiger partial charge in [-0.3, -0.25) is 5.84 Å². The first-order chi connectivity index (χ1) is 7.22. The number of hydrazine groups is 1. The van der Waals surface area contributed by atoms with E-state index >= 15 is 0 Å². The highest BCUT2D eigenvalue weighted by Crippen LogP contribution is 2.30. The van der Waals surface area contributed by atoms with Crippen LogP contribution in [-0.4, -0.2) is 27.9 Å². The Balaban J connectivity index is 2.92. The van der Waals surface area contributed by atoms with Gasteiger partial charge in [0.15, 0.2) is 11.5 Å². The fourth-order valence-electron chi connectivity index (χ4n) is 1.29. The second kappa shape index (κ2) is 5.43. The molecule has 0 heterocycles. The van der Waals surface area contributed by atoms with Gasteiger partial charge in [0.2, 0.25) is 0 Å². The van der Waals surface area contributed by atoms with Gasteiger partial charge in [-0.1, -0.05) is 0 Å². The van der Waals surface area contributed by atoms with Crippen molar-refractivity contribution in [3.63, 3.8) is 0 Å². The Hall–Kier alpha value is -1.46. The maximum Gasteiger partial charge on any atom is 0.162 e. The second-order valence-corrected chi connectivity index (χ2v) is 3.10. The molecule has 0 aliphatic heterocycles. The van der Waals surface area contributed by atoms with Gasteiger partial charge in [0, 0.05) is 18.8 Å². The van der Waals surface area contributed by atoms with E-state index in [1.807, 2.05) is 30.1 Å². The van der Waals surface area contributed by atoms with Crippen molar-refractivity contribution in [1.82, 2.24) is 5.43 Å². The molecule has 0 aliphatic carbocycles. The van der Waals surface area contributed by atoms with Gasteiger partial charge in [-0.2, -0.15) is 0 Å². The van der Waals surface area contributed by atoms with Crippen molar-refractivity contribution in [3.05, 3.63) is 18.2 Å². The normalized spacial score (nSPS) is 9.87. The van der Waals surface area contributed by atoms with Crippen molar-refractivity contribution < 1.29 is 9.47 Å². The first-order valence-electron chi connectivity index (χ1n) is 4.59. The third kappa shape index (κ3) is 2.74. The van der Waals surface area contributed by atoms with Crippen LogP contribution in [0.1, 0.15) is 0 Å². The first-order valence-corrected chi connectivity index (χ1v) is 4.59. The number of methoxy groups -OCH3 is 2. The highest BCUT2D eigenvalue weighted by Gasteiger charge is 2.06. The Morgan fingerprint density at radius 3 is 2.47 bits per heavy atom. The summed E-state index contributed by atoms with van der Waals surface area (Å²) in [6, 6.07) is 5.70. The molecular formula is C10H17N3O2. The second-order valence-electron chi connectivity index (χ2n) is 3.10. The van der Waals surface area contributed by atoms with E-state index in [1.165, 1.54) is 0 Å². The van der Waals surface area contributed by atoms with E-state index < -0.39 is 0 Å². The molecular weight excluding hydrogens is 194 g/mol. The standard InChI is InChI=1S/C10H17N3O2/c1-13(7-12-11)8-4-5-9(14-2)10(6-8)15-3/h4-6,12H,7,11H2,1-3H3. The number of ether oxygens (including phenoxy) is 2. The summed E-state index contributed by atoms with van der Waals surface area (Å²) < 4.78 is 10.3. The molecule has 1 aromatic rings. The van der Waals surface area contributed by atoms with E-state index in [1.54, 1.807) is 14.2 Å². The predicted octanol–water partition coefficient (Wildman–Crippen LogP) is 0.561. The van der Waals surface area contributed by atoms with Gasteiger partial charge in [-0.05, 0) is 12.1 Å². The molecule has 1 aromatic carbocycles. The Labute approximate surface area is 89.7 Å². The van der Waals surface area contributed by atoms with Crippen LogP contribution < -0.4 is 25.6 Å². The van der Waals surface area contributed by atoms with Gasteiger partial charge in [0.25, 0.3) is 0 Å². The van der Waals surface area contributed by atoms with E-state index in [9.17, 15) is 0 Å². The summed E-state index contributed by atoms with van der Waals surface area (Å²) in [6.07, 6.45) is 0. The van der Waals surface area contributed by atoms with Crippen LogP contribution in [-0.2, 0) is 0 Å². The molecule has 0 aliphatic rings. The zero-order valence-electron chi connectivity index (χ0n) is 9.28. The SMILES string of the molecule is COc1ccc(N(C)CNN)cc1OC. The van der Waals surface area contributed by atoms with E-state index in [0.717, 1.165) is 11.4 Å². The molecule has 84 valence electrons. The topological polar surface area (TPSA) is 59.8 Å². The molecule has 1 rings (SSSR count). The van der Waals surface area contributed by atoms with Gasteiger partial charge in [-0.15, -0.1) is 0 Å². The number of rotatable bonds is 5. The molecule has 3 N–H and O–H groups in total. The van der Waals surface area contributed by atoms with E-state index in [-0.39, 0.29) is 0 Å². The number of hydrogen-bond acceptors (Lipinski definition) is 5. The number of nitrogens with two attached hydrogens (primary N) is 1. The van der Waals surface area contributed by atoms with Crippen molar-refractivity contribution in [3.8, 4) is 11.5 Å². The minimum Gasteiger partial charge on any atom is -0.493 e. The third-order valence-corrected chi connectivity index (χ3v) is 2.14. The number of hydrogen-bond donors (Lipinski definition) is 2. The first kappa shape index (κ1) is 11.6. The van der Waals surface area contributed by atoms with Crippen molar-refractivity contribution in [2.75, 3.05) is 32.8 Å². The largest absolute Gasteiger partial charge is 0.493 e. The average molecular weight is 211 g/mol. The number of nitrogens with one attached hydrogen (secondary N) is 1. The Kier molecular flexibility index (Phi) is 4.20. The summed E-state index contributed by atoms with van der Waals surface area (Å²) in [7, 11) is 5.16. The summed E-state index contributed by atoms with van der Waals surface area (Å²) in [6.45, 7) is 0.565. The smallest absolute Gasteiger partial charge is 0.162 e. The monoisotopic (exact) mass is 211 g/mol. The van der Waals surface area contributed by atoms with Crippen molar-refractivity contribution in [2.24, 2.45) is 5.84 Å². The zero-order chi connectivity index (χ0) is 11.3. The van der Waals surface area contributed by atoms with Gasteiger partial charge in [0.05, 0.1) is 20.9 Å². The molecule has 0 atom stereocenters. The summed E-state index contributed by atoms with van der Waals surface area (Å²) in [5, 5.41) is 0. The zero-order valence-corrected chi connectivity index (χ0v) is 9.28. The molecule has 0 unspecified atom stereocenters. The maximum atomic E-state index is 5.25. The molecule has 0 saturated heterocycles. The van der Waals surface area contributed by atoms with Crippen molar-refractivity contribution in [1.29, 1.82) is 0 Å². The van der Waals surface area contributed by atoms with Crippen LogP contribution in [0.2, 0.25) is 0 Å². The molecule has 0 fully saturated rings. The van der Waals surface area contributed by atoms with Crippen LogP contribution in [0.15, 0.2) is 18.2 Å². The van der Waals surface area contributed by atoms with Crippen molar-refractivity contribution in [2.45, 2.75) is 0 Å². The average Bonchev–Trinajstić information content (AvgIpc) is 2.28. The van der Waals surface area contributed by atoms with Crippen LogP contribution in [0.4, 0.5) is 5.69 Å². The van der Waals surface area contributed by atoms with Crippen LogP contribution in [0, 0.1) is 0 Å². The molecule has 0 amide bonds. The van der Waals surface area contributed by atoms with Gasteiger partial charge in [0.1, 0.15) is 0 Å². The molecule has 0 saturated carbocycles. The number of nitrogens with zero attached hydrogens (tertiary/aromatic N) is 1. The van der Waals surface area contributed by atoms with Crippen molar-refractivity contribution >= 4 is 5.69 Å². The third-order valence-electron chi connectivity index (χ3n) is 2.14. The Morgan fingerprint density at radius 1 is 1.27 bits per heavy atom. The summed E-state index contributed by atoms with van der Waals surface area (Å²) in [4.78, 5) is 1.96. The van der Waals surface area contributed by atoms with Crippen LogP contribution in [0.3, 0.4) is 0 Å². The highest BCUT2D eigenvalue weighted by atomic mass is 16.5. The molecule has 0 bridgehead atoms. The molecule has 5 heteroatoms. The van der Waals surface area contributed by atoms with Gasteiger partial charge >= 0.3 is 0 Å². The van der Waals surface area contributed by atoms with E-state index in [2.05, 4.69) is 5.43 Å². The fourth-order valence-corrected chi connectivity index (χ4v) is 1.29. The maximum absolute atomic E-state index is 5.25. The van der Waals surface area contributed by atoms with Gasteiger partial charge < -0.3 is 14.4 Å². The lowest BCUT2D eigenvalue weighted by molar-refractivity contribution is 0.355. The van der Waals surface area contributed by atoms with E-state index in [4.69, 9.17) is 15.3 Å². The van der Waals surface area contributed by atoms with Crippen LogP contribution in [0.25, 0.3) is 0 Å². The molecule has 15 heavy (non-hydrogen) atoms. The van der Waals surface area contributed by atoms with Crippen LogP contribution in [0.5, 0.6) is 11.5 Å². The predicted molar refractivity (Wildman–Crippen MR) is 60.1 cm³/mol. The number of benzene rings is 1. The molecule has 5 nitrogen and oxygen atoms in total. The van der Waals surface area contributed by atoms with Gasteiger partial charge in [-0.25, -0.2) is 5.43 Å². The quantitative estimate of drug-likeness (QED) is 0.423. The highest BCUT2D eigenvalue weighted by molar-refractivity contribution is 5.55. The summed E-state index contributed by atoms with van der Waals surface area (Å²) in [5.41, 5.74) is 3.59. The van der Waals surface area contributed by atoms with E-state index in [0.29, 0.717) is 12.4 Å². The lowest BCUT2D eigenvalue weighted by atomic mass is 10.2. The minimum absolute atomic E-state index is 0.565. The fraction of sp³-hybridized carbons (Fsp3) is 0.400. The molecule has 0 aromatic heterocycles.